The van der Waals surface area contributed by atoms with E-state index >= 15 is 0 Å². The van der Waals surface area contributed by atoms with E-state index in [0.717, 1.165) is 0 Å². The number of halogens is 2. The summed E-state index contributed by atoms with van der Waals surface area (Å²) in [5, 5.41) is 0. The molecule has 0 aliphatic carbocycles. The van der Waals surface area contributed by atoms with Gasteiger partial charge in [-0.3, -0.25) is 4.98 Å². The minimum absolute atomic E-state index is 0.122. The largest absolute Gasteiger partial charge is 0.398 e. The summed E-state index contributed by atoms with van der Waals surface area (Å²) in [5.74, 6) is 0. The minimum atomic E-state index is -2.60. The molecule has 0 amide bonds. The summed E-state index contributed by atoms with van der Waals surface area (Å²) in [4.78, 5) is 3.70. The Morgan fingerprint density at radius 1 is 1.54 bits per heavy atom. The van der Waals surface area contributed by atoms with E-state index in [4.69, 9.17) is 11.5 Å². The van der Waals surface area contributed by atoms with Crippen molar-refractivity contribution >= 4 is 5.69 Å². The molecule has 1 aromatic rings. The van der Waals surface area contributed by atoms with Crippen molar-refractivity contribution < 1.29 is 8.78 Å². The summed E-state index contributed by atoms with van der Waals surface area (Å²) in [6, 6.07) is 1.18. The Bertz CT molecular complexity index is 313. The number of hydrogen-bond acceptors (Lipinski definition) is 3. The molecule has 0 aliphatic rings. The first kappa shape index (κ1) is 9.85. The molecule has 13 heavy (non-hydrogen) atoms. The maximum absolute atomic E-state index is 12.2. The van der Waals surface area contributed by atoms with Gasteiger partial charge >= 0.3 is 0 Å². The summed E-state index contributed by atoms with van der Waals surface area (Å²) in [5.41, 5.74) is 11.9. The van der Waals surface area contributed by atoms with Gasteiger partial charge in [0.15, 0.2) is 0 Å². The van der Waals surface area contributed by atoms with E-state index < -0.39 is 6.43 Å². The predicted molar refractivity (Wildman–Crippen MR) is 46.2 cm³/mol. The third-order valence-corrected chi connectivity index (χ3v) is 1.85. The van der Waals surface area contributed by atoms with Crippen LogP contribution in [0.25, 0.3) is 0 Å². The van der Waals surface area contributed by atoms with Crippen LogP contribution in [0, 0.1) is 6.92 Å². The molecule has 1 rings (SSSR count). The molecule has 0 aliphatic heterocycles. The number of pyridine rings is 1. The van der Waals surface area contributed by atoms with Crippen LogP contribution in [0.1, 0.15) is 23.4 Å². The van der Waals surface area contributed by atoms with Gasteiger partial charge in [0.05, 0.1) is 5.69 Å². The van der Waals surface area contributed by atoms with Crippen molar-refractivity contribution in [3.8, 4) is 0 Å². The van der Waals surface area contributed by atoms with E-state index in [2.05, 4.69) is 4.98 Å². The van der Waals surface area contributed by atoms with Crippen molar-refractivity contribution in [2.45, 2.75) is 19.9 Å². The average molecular weight is 187 g/mol. The van der Waals surface area contributed by atoms with Crippen LogP contribution in [0.15, 0.2) is 6.07 Å². The van der Waals surface area contributed by atoms with Crippen LogP contribution in [-0.4, -0.2) is 4.98 Å². The fourth-order valence-electron chi connectivity index (χ4n) is 1.02. The van der Waals surface area contributed by atoms with Gasteiger partial charge in [0.2, 0.25) is 0 Å². The lowest BCUT2D eigenvalue weighted by atomic mass is 10.1. The van der Waals surface area contributed by atoms with Gasteiger partial charge in [0.1, 0.15) is 5.69 Å². The first-order valence-corrected chi connectivity index (χ1v) is 3.80. The highest BCUT2D eigenvalue weighted by Gasteiger charge is 2.12. The summed E-state index contributed by atoms with van der Waals surface area (Å²) in [6.07, 6.45) is -2.60. The Hall–Kier alpha value is -1.23. The van der Waals surface area contributed by atoms with Gasteiger partial charge in [-0.05, 0) is 18.6 Å². The molecule has 0 radical (unpaired) electrons. The van der Waals surface area contributed by atoms with Crippen molar-refractivity contribution in [3.63, 3.8) is 0 Å². The summed E-state index contributed by atoms with van der Waals surface area (Å²) in [6.45, 7) is 1.83. The minimum Gasteiger partial charge on any atom is -0.398 e. The van der Waals surface area contributed by atoms with Crippen molar-refractivity contribution in [3.05, 3.63) is 23.0 Å². The van der Waals surface area contributed by atoms with E-state index in [0.29, 0.717) is 16.9 Å². The number of hydrogen-bond donors (Lipinski definition) is 2. The maximum atomic E-state index is 12.2. The molecule has 4 N–H and O–H groups in total. The number of nitrogens with zero attached hydrogens (tertiary/aromatic N) is 1. The van der Waals surface area contributed by atoms with Crippen LogP contribution in [0.3, 0.4) is 0 Å². The SMILES string of the molecule is Cc1c(N)cc(C(F)F)nc1CN. The summed E-state index contributed by atoms with van der Waals surface area (Å²) < 4.78 is 24.5. The molecule has 0 fully saturated rings. The second-order valence-corrected chi connectivity index (χ2v) is 2.71. The molecule has 0 bridgehead atoms. The van der Waals surface area contributed by atoms with Gasteiger partial charge in [0, 0.05) is 12.2 Å². The average Bonchev–Trinajstić information content (AvgIpc) is 2.09. The molecule has 1 aromatic heterocycles. The van der Waals surface area contributed by atoms with Crippen molar-refractivity contribution in [2.24, 2.45) is 5.73 Å². The number of nitrogens with two attached hydrogens (primary N) is 2. The Morgan fingerprint density at radius 2 is 2.15 bits per heavy atom. The van der Waals surface area contributed by atoms with E-state index in [9.17, 15) is 8.78 Å². The van der Waals surface area contributed by atoms with E-state index in [-0.39, 0.29) is 12.2 Å². The lowest BCUT2D eigenvalue weighted by Crippen LogP contribution is -2.07. The fraction of sp³-hybridized carbons (Fsp3) is 0.375. The van der Waals surface area contributed by atoms with Gasteiger partial charge in [-0.2, -0.15) is 0 Å². The Balaban J connectivity index is 3.22. The first-order valence-electron chi connectivity index (χ1n) is 3.80. The highest BCUT2D eigenvalue weighted by atomic mass is 19.3. The second-order valence-electron chi connectivity index (χ2n) is 2.71. The predicted octanol–water partition coefficient (Wildman–Crippen LogP) is 1.37. The van der Waals surface area contributed by atoms with E-state index in [1.54, 1.807) is 6.92 Å². The maximum Gasteiger partial charge on any atom is 0.280 e. The fourth-order valence-corrected chi connectivity index (χ4v) is 1.02. The lowest BCUT2D eigenvalue weighted by molar-refractivity contribution is 0.146. The molecule has 0 saturated carbocycles. The zero-order valence-electron chi connectivity index (χ0n) is 7.22. The molecule has 0 unspecified atom stereocenters. The number of aromatic nitrogens is 1. The number of rotatable bonds is 2. The Kier molecular flexibility index (Phi) is 2.77. The quantitative estimate of drug-likeness (QED) is 0.734. The molecule has 72 valence electrons. The van der Waals surface area contributed by atoms with Gasteiger partial charge in [-0.1, -0.05) is 0 Å². The Morgan fingerprint density at radius 3 is 2.62 bits per heavy atom. The van der Waals surface area contributed by atoms with Crippen LogP contribution in [0.4, 0.5) is 14.5 Å². The number of nitrogen functional groups attached to an aromatic ring is 1. The zero-order chi connectivity index (χ0) is 10.0. The topological polar surface area (TPSA) is 64.9 Å². The zero-order valence-corrected chi connectivity index (χ0v) is 7.22. The highest BCUT2D eigenvalue weighted by Crippen LogP contribution is 2.22. The second kappa shape index (κ2) is 3.66. The van der Waals surface area contributed by atoms with E-state index in [1.807, 2.05) is 0 Å². The highest BCUT2D eigenvalue weighted by molar-refractivity contribution is 5.49. The lowest BCUT2D eigenvalue weighted by Gasteiger charge is -2.08. The van der Waals surface area contributed by atoms with Gasteiger partial charge in [-0.15, -0.1) is 0 Å². The molecule has 0 spiro atoms. The van der Waals surface area contributed by atoms with Gasteiger partial charge in [0.25, 0.3) is 6.43 Å². The van der Waals surface area contributed by atoms with Crippen LogP contribution < -0.4 is 11.5 Å². The van der Waals surface area contributed by atoms with Crippen LogP contribution >= 0.6 is 0 Å². The first-order chi connectivity index (χ1) is 6.06. The molecule has 1 heterocycles. The van der Waals surface area contributed by atoms with Crippen molar-refractivity contribution in [2.75, 3.05) is 5.73 Å². The smallest absolute Gasteiger partial charge is 0.280 e. The van der Waals surface area contributed by atoms with Crippen LogP contribution in [0.5, 0.6) is 0 Å². The molecule has 3 nitrogen and oxygen atoms in total. The monoisotopic (exact) mass is 187 g/mol. The molecular weight excluding hydrogens is 176 g/mol. The normalized spacial score (nSPS) is 10.8. The molecule has 5 heteroatoms. The molecule has 0 saturated heterocycles. The third kappa shape index (κ3) is 1.92. The number of alkyl halides is 2. The van der Waals surface area contributed by atoms with Gasteiger partial charge in [-0.25, -0.2) is 8.78 Å². The van der Waals surface area contributed by atoms with Crippen molar-refractivity contribution in [1.82, 2.24) is 4.98 Å². The van der Waals surface area contributed by atoms with Crippen LogP contribution in [0.2, 0.25) is 0 Å². The summed E-state index contributed by atoms with van der Waals surface area (Å²) >= 11 is 0. The van der Waals surface area contributed by atoms with Gasteiger partial charge < -0.3 is 11.5 Å². The third-order valence-electron chi connectivity index (χ3n) is 1.85. The standard InChI is InChI=1S/C8H11F2N3/c1-4-5(12)2-6(8(9)10)13-7(4)3-11/h2,8H,3,11H2,1H3,(H2,12,13). The summed E-state index contributed by atoms with van der Waals surface area (Å²) in [7, 11) is 0. The number of anilines is 1. The molecular formula is C8H11F2N3. The molecule has 0 aromatic carbocycles. The van der Waals surface area contributed by atoms with Crippen LogP contribution in [-0.2, 0) is 6.54 Å². The molecule has 0 atom stereocenters. The van der Waals surface area contributed by atoms with E-state index in [1.165, 1.54) is 6.07 Å². The Labute approximate surface area is 74.8 Å². The van der Waals surface area contributed by atoms with Crippen molar-refractivity contribution in [1.29, 1.82) is 0 Å².